The molecule has 0 aliphatic rings. The molecule has 0 bridgehead atoms. The Morgan fingerprint density at radius 3 is 2.38 bits per heavy atom. The minimum absolute atomic E-state index is 0.127. The normalized spacial score (nSPS) is 13.0. The predicted octanol–water partition coefficient (Wildman–Crippen LogP) is 0.768. The van der Waals surface area contributed by atoms with Gasteiger partial charge in [0.05, 0.1) is 5.75 Å². The van der Waals surface area contributed by atoms with Gasteiger partial charge in [-0.1, -0.05) is 6.92 Å². The van der Waals surface area contributed by atoms with Crippen molar-refractivity contribution in [3.63, 3.8) is 0 Å². The highest BCUT2D eigenvalue weighted by Gasteiger charge is 2.27. The first kappa shape index (κ1) is 16.0. The van der Waals surface area contributed by atoms with E-state index in [1.54, 1.807) is 0 Å². The van der Waals surface area contributed by atoms with E-state index < -0.39 is 15.5 Å². The molecule has 0 heterocycles. The average Bonchev–Trinajstić information content (AvgIpc) is 2.11. The summed E-state index contributed by atoms with van der Waals surface area (Å²) in [5, 5.41) is 2.81. The third-order valence-electron chi connectivity index (χ3n) is 1.49. The summed E-state index contributed by atoms with van der Waals surface area (Å²) in [6, 6.07) is 0. The molecule has 0 radical (unpaired) electrons. The second-order valence-corrected chi connectivity index (χ2v) is 5.95. The highest BCUT2D eigenvalue weighted by Crippen LogP contribution is 2.29. The maximum Gasteiger partial charge on any atom is 0.441 e. The van der Waals surface area contributed by atoms with Crippen molar-refractivity contribution in [1.82, 2.24) is 10.0 Å². The molecule has 0 unspecified atom stereocenters. The Labute approximate surface area is 97.4 Å². The van der Waals surface area contributed by atoms with Crippen LogP contribution in [0, 0.1) is 0 Å². The van der Waals surface area contributed by atoms with E-state index in [0.717, 1.165) is 0 Å². The number of hydrogen-bond donors (Lipinski definition) is 2. The van der Waals surface area contributed by atoms with E-state index >= 15 is 0 Å². The van der Waals surface area contributed by atoms with Crippen molar-refractivity contribution in [3.05, 3.63) is 0 Å². The molecule has 0 aliphatic heterocycles. The molecule has 0 rings (SSSR count). The number of halogens is 3. The molecular formula is C7H15F3N2O2S2. The molecule has 16 heavy (non-hydrogen) atoms. The molecule has 0 saturated carbocycles. The molecule has 0 fully saturated rings. The van der Waals surface area contributed by atoms with Crippen molar-refractivity contribution in [3.8, 4) is 0 Å². The Hall–Kier alpha value is 0.01000. The van der Waals surface area contributed by atoms with Crippen LogP contribution in [0.25, 0.3) is 0 Å². The number of nitrogens with one attached hydrogen (secondary N) is 2. The molecular weight excluding hydrogens is 265 g/mol. The first-order chi connectivity index (χ1) is 7.27. The van der Waals surface area contributed by atoms with Crippen molar-refractivity contribution in [2.75, 3.05) is 31.1 Å². The van der Waals surface area contributed by atoms with Crippen LogP contribution in [0.4, 0.5) is 13.2 Å². The lowest BCUT2D eigenvalue weighted by atomic mass is 10.7. The molecule has 0 amide bonds. The van der Waals surface area contributed by atoms with Gasteiger partial charge in [-0.25, -0.2) is 13.1 Å². The zero-order chi connectivity index (χ0) is 12.7. The molecule has 0 aromatic heterocycles. The van der Waals surface area contributed by atoms with Crippen LogP contribution in [0.1, 0.15) is 6.92 Å². The summed E-state index contributed by atoms with van der Waals surface area (Å²) >= 11 is -0.240. The first-order valence-electron chi connectivity index (χ1n) is 4.65. The van der Waals surface area contributed by atoms with Crippen molar-refractivity contribution < 1.29 is 21.6 Å². The van der Waals surface area contributed by atoms with Crippen LogP contribution in [-0.2, 0) is 10.0 Å². The largest absolute Gasteiger partial charge is 0.441 e. The molecule has 0 aromatic rings. The van der Waals surface area contributed by atoms with Gasteiger partial charge in [-0.2, -0.15) is 13.2 Å². The van der Waals surface area contributed by atoms with E-state index in [2.05, 4.69) is 10.0 Å². The minimum Gasteiger partial charge on any atom is -0.316 e. The van der Waals surface area contributed by atoms with Crippen LogP contribution in [-0.4, -0.2) is 45.1 Å². The second-order valence-electron chi connectivity index (χ2n) is 2.86. The summed E-state index contributed by atoms with van der Waals surface area (Å²) in [6.45, 7) is 2.57. The van der Waals surface area contributed by atoms with Crippen molar-refractivity contribution in [1.29, 1.82) is 0 Å². The van der Waals surface area contributed by atoms with Crippen LogP contribution < -0.4 is 10.0 Å². The van der Waals surface area contributed by atoms with Gasteiger partial charge in [-0.15, -0.1) is 0 Å². The van der Waals surface area contributed by atoms with Crippen LogP contribution in [0.5, 0.6) is 0 Å². The third kappa shape index (κ3) is 10.5. The van der Waals surface area contributed by atoms with E-state index in [4.69, 9.17) is 0 Å². The van der Waals surface area contributed by atoms with E-state index in [9.17, 15) is 21.6 Å². The SMILES string of the molecule is CCNCCS(=O)(=O)NCCSC(F)(F)F. The fourth-order valence-corrected chi connectivity index (χ4v) is 2.35. The molecule has 0 atom stereocenters. The summed E-state index contributed by atoms with van der Waals surface area (Å²) in [5.41, 5.74) is -4.31. The standard InChI is InChI=1S/C7H15F3N2O2S2/c1-2-11-4-6-16(13,14)12-3-5-15-7(8,9)10/h11-12H,2-6H2,1H3. The lowest BCUT2D eigenvalue weighted by Crippen LogP contribution is -2.33. The smallest absolute Gasteiger partial charge is 0.316 e. The van der Waals surface area contributed by atoms with Gasteiger partial charge >= 0.3 is 5.51 Å². The number of alkyl halides is 3. The predicted molar refractivity (Wildman–Crippen MR) is 58.8 cm³/mol. The summed E-state index contributed by atoms with van der Waals surface area (Å²) in [4.78, 5) is 0. The van der Waals surface area contributed by atoms with Gasteiger partial charge in [0.15, 0.2) is 0 Å². The van der Waals surface area contributed by atoms with E-state index in [1.165, 1.54) is 0 Å². The Balaban J connectivity index is 3.67. The molecule has 0 aromatic carbocycles. The Bertz CT molecular complexity index is 280. The highest BCUT2D eigenvalue weighted by atomic mass is 32.2. The van der Waals surface area contributed by atoms with Crippen molar-refractivity contribution in [2.24, 2.45) is 0 Å². The Morgan fingerprint density at radius 2 is 1.88 bits per heavy atom. The zero-order valence-corrected chi connectivity index (χ0v) is 10.4. The van der Waals surface area contributed by atoms with Crippen LogP contribution in [0.3, 0.4) is 0 Å². The zero-order valence-electron chi connectivity index (χ0n) is 8.80. The fourth-order valence-electron chi connectivity index (χ4n) is 0.819. The number of thioether (sulfide) groups is 1. The number of rotatable bonds is 8. The maximum absolute atomic E-state index is 11.7. The lowest BCUT2D eigenvalue weighted by molar-refractivity contribution is -0.0327. The maximum atomic E-state index is 11.7. The summed E-state index contributed by atoms with van der Waals surface area (Å²) in [6.07, 6.45) is 0. The van der Waals surface area contributed by atoms with Crippen LogP contribution >= 0.6 is 11.8 Å². The average molecular weight is 280 g/mol. The van der Waals surface area contributed by atoms with Gasteiger partial charge in [-0.05, 0) is 18.3 Å². The summed E-state index contributed by atoms with van der Waals surface area (Å²) < 4.78 is 59.6. The van der Waals surface area contributed by atoms with Gasteiger partial charge in [0.25, 0.3) is 0 Å². The van der Waals surface area contributed by atoms with E-state index in [-0.39, 0.29) is 36.4 Å². The van der Waals surface area contributed by atoms with Gasteiger partial charge in [0.2, 0.25) is 10.0 Å². The lowest BCUT2D eigenvalue weighted by Gasteiger charge is -2.08. The molecule has 9 heteroatoms. The third-order valence-corrected chi connectivity index (χ3v) is 3.61. The van der Waals surface area contributed by atoms with Gasteiger partial charge in [0, 0.05) is 18.8 Å². The number of sulfonamides is 1. The van der Waals surface area contributed by atoms with Gasteiger partial charge in [0.1, 0.15) is 0 Å². The number of hydrogen-bond acceptors (Lipinski definition) is 4. The van der Waals surface area contributed by atoms with Crippen molar-refractivity contribution >= 4 is 21.8 Å². The highest BCUT2D eigenvalue weighted by molar-refractivity contribution is 8.00. The molecule has 2 N–H and O–H groups in total. The Morgan fingerprint density at radius 1 is 1.25 bits per heavy atom. The minimum atomic E-state index is -4.31. The molecule has 98 valence electrons. The molecule has 0 aliphatic carbocycles. The van der Waals surface area contributed by atoms with E-state index in [1.807, 2.05) is 6.92 Å². The van der Waals surface area contributed by atoms with Gasteiger partial charge in [-0.3, -0.25) is 0 Å². The Kier molecular flexibility index (Phi) is 7.36. The van der Waals surface area contributed by atoms with Crippen molar-refractivity contribution in [2.45, 2.75) is 12.4 Å². The summed E-state index contributed by atoms with van der Waals surface area (Å²) in [7, 11) is -3.46. The molecule has 0 saturated heterocycles. The fraction of sp³-hybridized carbons (Fsp3) is 1.00. The van der Waals surface area contributed by atoms with Crippen LogP contribution in [0.2, 0.25) is 0 Å². The quantitative estimate of drug-likeness (QED) is 0.645. The molecule has 4 nitrogen and oxygen atoms in total. The molecule has 0 spiro atoms. The summed E-state index contributed by atoms with van der Waals surface area (Å²) in [5.74, 6) is -0.443. The second kappa shape index (κ2) is 7.36. The van der Waals surface area contributed by atoms with E-state index in [0.29, 0.717) is 6.54 Å². The topological polar surface area (TPSA) is 58.2 Å². The first-order valence-corrected chi connectivity index (χ1v) is 7.29. The van der Waals surface area contributed by atoms with Gasteiger partial charge < -0.3 is 5.32 Å². The van der Waals surface area contributed by atoms with Crippen LogP contribution in [0.15, 0.2) is 0 Å². The monoisotopic (exact) mass is 280 g/mol.